The summed E-state index contributed by atoms with van der Waals surface area (Å²) in [5.41, 5.74) is 0.164. The van der Waals surface area contributed by atoms with Crippen LogP contribution < -0.4 is 16.3 Å². The summed E-state index contributed by atoms with van der Waals surface area (Å²) in [5.74, 6) is 1.04. The van der Waals surface area contributed by atoms with Crippen molar-refractivity contribution < 1.29 is 18.7 Å². The highest BCUT2D eigenvalue weighted by Crippen LogP contribution is 2.06. The maximum atomic E-state index is 12.1. The Labute approximate surface area is 166 Å². The van der Waals surface area contributed by atoms with Crippen LogP contribution in [0, 0.1) is 6.92 Å². The molecule has 3 aromatic rings. The molecule has 0 bridgehead atoms. The summed E-state index contributed by atoms with van der Waals surface area (Å²) in [4.78, 5) is 39.6. The van der Waals surface area contributed by atoms with Crippen LogP contribution in [0.5, 0.6) is 0 Å². The average Bonchev–Trinajstić information content (AvgIpc) is 3.13. The quantitative estimate of drug-likeness (QED) is 0.633. The molecular weight excluding hydrogens is 376 g/mol. The predicted molar refractivity (Wildman–Crippen MR) is 104 cm³/mol. The largest absolute Gasteiger partial charge is 0.465 e. The van der Waals surface area contributed by atoms with E-state index in [1.54, 1.807) is 12.1 Å². The maximum absolute atomic E-state index is 12.1. The van der Waals surface area contributed by atoms with Gasteiger partial charge < -0.3 is 14.5 Å². The number of hydrogen-bond acceptors (Lipinski definition) is 6. The van der Waals surface area contributed by atoms with Crippen LogP contribution in [0.2, 0.25) is 0 Å². The van der Waals surface area contributed by atoms with Gasteiger partial charge in [0.1, 0.15) is 30.5 Å². The van der Waals surface area contributed by atoms with Gasteiger partial charge in [0.15, 0.2) is 0 Å². The van der Waals surface area contributed by atoms with Crippen LogP contribution in [0.25, 0.3) is 0 Å². The number of hydrogen-bond donors (Lipinski definition) is 2. The van der Waals surface area contributed by atoms with Gasteiger partial charge in [-0.2, -0.15) is 4.98 Å². The lowest BCUT2D eigenvalue weighted by molar-refractivity contribution is -0.122. The molecule has 9 heteroatoms. The van der Waals surface area contributed by atoms with E-state index in [1.165, 1.54) is 12.3 Å². The van der Waals surface area contributed by atoms with Crippen LogP contribution in [0.1, 0.15) is 17.1 Å². The summed E-state index contributed by atoms with van der Waals surface area (Å²) in [5, 5.41) is 5.04. The molecule has 0 spiro atoms. The lowest BCUT2D eigenvalue weighted by atomic mass is 10.2. The monoisotopic (exact) mass is 396 g/mol. The second-order valence-corrected chi connectivity index (χ2v) is 6.20. The molecule has 0 aliphatic rings. The van der Waals surface area contributed by atoms with Gasteiger partial charge >= 0.3 is 11.8 Å². The minimum atomic E-state index is -0.731. The van der Waals surface area contributed by atoms with Crippen LogP contribution in [0.3, 0.4) is 0 Å². The molecule has 2 N–H and O–H groups in total. The van der Waals surface area contributed by atoms with Crippen molar-refractivity contribution in [2.45, 2.75) is 26.6 Å². The number of carbonyl (C=O) groups is 2. The predicted octanol–water partition coefficient (Wildman–Crippen LogP) is 2.21. The van der Waals surface area contributed by atoms with Gasteiger partial charge in [0.05, 0.1) is 6.54 Å². The van der Waals surface area contributed by atoms with Crippen LogP contribution >= 0.6 is 0 Å². The third-order valence-corrected chi connectivity index (χ3v) is 3.89. The average molecular weight is 396 g/mol. The van der Waals surface area contributed by atoms with Gasteiger partial charge in [-0.15, -0.1) is 0 Å². The van der Waals surface area contributed by atoms with Crippen molar-refractivity contribution in [3.05, 3.63) is 82.3 Å². The van der Waals surface area contributed by atoms with E-state index in [2.05, 4.69) is 15.6 Å². The number of rotatable bonds is 7. The number of benzene rings is 1. The Morgan fingerprint density at radius 3 is 2.62 bits per heavy atom. The number of anilines is 1. The van der Waals surface area contributed by atoms with Crippen molar-refractivity contribution in [2.24, 2.45) is 0 Å². The minimum absolute atomic E-state index is 0.0378. The van der Waals surface area contributed by atoms with Crippen LogP contribution in [0.15, 0.2) is 63.9 Å². The van der Waals surface area contributed by atoms with Gasteiger partial charge in [-0.1, -0.05) is 30.3 Å². The summed E-state index contributed by atoms with van der Waals surface area (Å²) >= 11 is 0. The van der Waals surface area contributed by atoms with Gasteiger partial charge in [-0.25, -0.2) is 9.59 Å². The molecular formula is C20H20N4O5. The number of furan rings is 1. The van der Waals surface area contributed by atoms with Gasteiger partial charge in [-0.3, -0.25) is 14.7 Å². The van der Waals surface area contributed by atoms with Crippen molar-refractivity contribution in [1.82, 2.24) is 14.9 Å². The Morgan fingerprint density at radius 1 is 1.14 bits per heavy atom. The molecule has 2 heterocycles. The van der Waals surface area contributed by atoms with Gasteiger partial charge in [0, 0.05) is 6.20 Å². The van der Waals surface area contributed by atoms with E-state index in [-0.39, 0.29) is 31.4 Å². The van der Waals surface area contributed by atoms with E-state index in [0.717, 1.165) is 15.9 Å². The number of amides is 2. The van der Waals surface area contributed by atoms with Crippen molar-refractivity contribution in [3.63, 3.8) is 0 Å². The Kier molecular flexibility index (Phi) is 6.41. The first kappa shape index (κ1) is 19.9. The first-order valence-corrected chi connectivity index (χ1v) is 8.87. The van der Waals surface area contributed by atoms with E-state index in [4.69, 9.17) is 9.15 Å². The van der Waals surface area contributed by atoms with Crippen LogP contribution in [0.4, 0.5) is 10.6 Å². The summed E-state index contributed by atoms with van der Waals surface area (Å²) in [7, 11) is 0. The molecule has 3 rings (SSSR count). The number of aromatic nitrogens is 2. The molecule has 0 radical (unpaired) electrons. The lowest BCUT2D eigenvalue weighted by Crippen LogP contribution is -2.33. The molecule has 0 aliphatic carbocycles. The standard InChI is InChI=1S/C20H20N4O5/c1-14-7-8-16(29-14)11-21-18(25)12-24-10-9-17(22-19(24)26)23-20(27)28-13-15-5-3-2-4-6-15/h2-10H,11-13H2,1H3,(H,21,25)(H,22,23,26,27). The van der Waals surface area contributed by atoms with Crippen molar-refractivity contribution in [1.29, 1.82) is 0 Å². The Hall–Kier alpha value is -3.88. The first-order valence-electron chi connectivity index (χ1n) is 8.87. The van der Waals surface area contributed by atoms with Crippen molar-refractivity contribution in [2.75, 3.05) is 5.32 Å². The smallest absolute Gasteiger partial charge is 0.413 e. The molecule has 2 amide bonds. The van der Waals surface area contributed by atoms with E-state index in [0.29, 0.717) is 5.76 Å². The summed E-state index contributed by atoms with van der Waals surface area (Å²) in [6.45, 7) is 1.93. The molecule has 29 heavy (non-hydrogen) atoms. The molecule has 0 aliphatic heterocycles. The molecule has 2 aromatic heterocycles. The third kappa shape index (κ3) is 6.06. The Morgan fingerprint density at radius 2 is 1.93 bits per heavy atom. The maximum Gasteiger partial charge on any atom is 0.413 e. The Balaban J connectivity index is 1.49. The zero-order valence-electron chi connectivity index (χ0n) is 15.8. The normalized spacial score (nSPS) is 10.4. The number of aryl methyl sites for hydroxylation is 1. The van der Waals surface area contributed by atoms with Crippen LogP contribution in [-0.2, 0) is 29.2 Å². The molecule has 0 saturated heterocycles. The lowest BCUT2D eigenvalue weighted by Gasteiger charge is -2.08. The minimum Gasteiger partial charge on any atom is -0.465 e. The van der Waals surface area contributed by atoms with E-state index in [9.17, 15) is 14.4 Å². The SMILES string of the molecule is Cc1ccc(CNC(=O)Cn2ccc(NC(=O)OCc3ccccc3)nc2=O)o1. The number of nitrogens with zero attached hydrogens (tertiary/aromatic N) is 2. The molecule has 0 fully saturated rings. The van der Waals surface area contributed by atoms with Gasteiger partial charge in [-0.05, 0) is 30.7 Å². The second kappa shape index (κ2) is 9.36. The fourth-order valence-corrected chi connectivity index (χ4v) is 2.46. The molecule has 9 nitrogen and oxygen atoms in total. The number of ether oxygens (including phenoxy) is 1. The highest BCUT2D eigenvalue weighted by Gasteiger charge is 2.09. The van der Waals surface area contributed by atoms with Crippen molar-refractivity contribution in [3.8, 4) is 0 Å². The van der Waals surface area contributed by atoms with Gasteiger partial charge in [0.2, 0.25) is 5.91 Å². The fourth-order valence-electron chi connectivity index (χ4n) is 2.46. The summed E-state index contributed by atoms with van der Waals surface area (Å²) in [6, 6.07) is 14.2. The summed E-state index contributed by atoms with van der Waals surface area (Å²) in [6.07, 6.45) is 0.642. The highest BCUT2D eigenvalue weighted by molar-refractivity contribution is 5.83. The zero-order valence-corrected chi connectivity index (χ0v) is 15.8. The van der Waals surface area contributed by atoms with Gasteiger partial charge in [0.25, 0.3) is 0 Å². The topological polar surface area (TPSA) is 115 Å². The number of carbonyl (C=O) groups excluding carboxylic acids is 2. The molecule has 0 unspecified atom stereocenters. The summed E-state index contributed by atoms with van der Waals surface area (Å²) < 4.78 is 11.6. The first-order chi connectivity index (χ1) is 14.0. The number of nitrogens with one attached hydrogen (secondary N) is 2. The van der Waals surface area contributed by atoms with Crippen molar-refractivity contribution >= 4 is 17.8 Å². The zero-order chi connectivity index (χ0) is 20.6. The third-order valence-electron chi connectivity index (χ3n) is 3.89. The second-order valence-electron chi connectivity index (χ2n) is 6.20. The molecule has 0 saturated carbocycles. The molecule has 150 valence electrons. The van der Waals surface area contributed by atoms with E-state index < -0.39 is 11.8 Å². The van der Waals surface area contributed by atoms with E-state index >= 15 is 0 Å². The Bertz CT molecular complexity index is 1040. The fraction of sp³-hybridized carbons (Fsp3) is 0.200. The highest BCUT2D eigenvalue weighted by atomic mass is 16.5. The molecule has 0 atom stereocenters. The van der Waals surface area contributed by atoms with E-state index in [1.807, 2.05) is 37.3 Å². The molecule has 1 aromatic carbocycles. The van der Waals surface area contributed by atoms with Crippen LogP contribution in [-0.4, -0.2) is 21.6 Å².